The molecule has 0 spiro atoms. The van der Waals surface area contributed by atoms with Crippen LogP contribution in [-0.4, -0.2) is 44.3 Å². The molecule has 1 saturated heterocycles. The van der Waals surface area contributed by atoms with Crippen LogP contribution in [0.4, 0.5) is 4.79 Å². The lowest BCUT2D eigenvalue weighted by Crippen LogP contribution is -2.49. The molecule has 1 aliphatic carbocycles. The van der Waals surface area contributed by atoms with Crippen molar-refractivity contribution in [1.29, 1.82) is 0 Å². The Morgan fingerprint density at radius 3 is 2.75 bits per heavy atom. The number of likely N-dealkylation sites (tertiary alicyclic amines) is 1. The molecule has 1 heterocycles. The lowest BCUT2D eigenvalue weighted by atomic mass is 9.90. The van der Waals surface area contributed by atoms with Crippen LogP contribution in [0.5, 0.6) is 0 Å². The highest BCUT2D eigenvalue weighted by Gasteiger charge is 2.31. The van der Waals surface area contributed by atoms with Crippen molar-refractivity contribution in [2.45, 2.75) is 31.7 Å². The zero-order valence-corrected chi connectivity index (χ0v) is 10.2. The summed E-state index contributed by atoms with van der Waals surface area (Å²) in [6.07, 6.45) is 4.97. The molecule has 2 unspecified atom stereocenters. The Morgan fingerprint density at radius 2 is 2.12 bits per heavy atom. The van der Waals surface area contributed by atoms with Gasteiger partial charge in [0.05, 0.1) is 7.11 Å². The number of piperidine rings is 1. The van der Waals surface area contributed by atoms with E-state index in [0.717, 1.165) is 24.8 Å². The number of likely N-dealkylation sites (N-methyl/N-ethyl adjacent to an activating group) is 1. The summed E-state index contributed by atoms with van der Waals surface area (Å²) in [5.41, 5.74) is 0. The number of carbonyl (C=O) groups excluding carboxylic acids is 1. The Balaban J connectivity index is 1.80. The Hall–Kier alpha value is -0.770. The van der Waals surface area contributed by atoms with Crippen LogP contribution in [0, 0.1) is 11.8 Å². The average Bonchev–Trinajstić information content (AvgIpc) is 3.00. The van der Waals surface area contributed by atoms with Crippen LogP contribution in [-0.2, 0) is 4.74 Å². The van der Waals surface area contributed by atoms with Crippen molar-refractivity contribution >= 4 is 6.09 Å². The third kappa shape index (κ3) is 3.37. The Labute approximate surface area is 97.3 Å². The van der Waals surface area contributed by atoms with Crippen molar-refractivity contribution in [3.63, 3.8) is 0 Å². The highest BCUT2D eigenvalue weighted by atomic mass is 16.5. The van der Waals surface area contributed by atoms with Gasteiger partial charge in [0.2, 0.25) is 0 Å². The van der Waals surface area contributed by atoms with Gasteiger partial charge in [-0.1, -0.05) is 12.8 Å². The highest BCUT2D eigenvalue weighted by molar-refractivity contribution is 5.67. The monoisotopic (exact) mass is 226 g/mol. The molecular formula is C12H22N2O2. The SMILES string of the molecule is COC(=O)NC1CC(CC2CC2)CN(C)C1. The third-order valence-corrected chi connectivity index (χ3v) is 3.59. The second-order valence-electron chi connectivity index (χ2n) is 5.33. The summed E-state index contributed by atoms with van der Waals surface area (Å²) in [6.45, 7) is 2.12. The van der Waals surface area contributed by atoms with Gasteiger partial charge in [-0.2, -0.15) is 0 Å². The average molecular weight is 226 g/mol. The summed E-state index contributed by atoms with van der Waals surface area (Å²) in [7, 11) is 3.55. The van der Waals surface area contributed by atoms with Crippen LogP contribution in [0.1, 0.15) is 25.7 Å². The number of nitrogens with zero attached hydrogens (tertiary/aromatic N) is 1. The van der Waals surface area contributed by atoms with Crippen LogP contribution in [0.3, 0.4) is 0 Å². The van der Waals surface area contributed by atoms with Crippen molar-refractivity contribution in [1.82, 2.24) is 10.2 Å². The molecule has 16 heavy (non-hydrogen) atoms. The number of hydrogen-bond donors (Lipinski definition) is 1. The normalized spacial score (nSPS) is 31.1. The first-order valence-electron chi connectivity index (χ1n) is 6.20. The summed E-state index contributed by atoms with van der Waals surface area (Å²) >= 11 is 0. The van der Waals surface area contributed by atoms with Crippen molar-refractivity contribution < 1.29 is 9.53 Å². The van der Waals surface area contributed by atoms with Gasteiger partial charge in [0.1, 0.15) is 0 Å². The minimum absolute atomic E-state index is 0.259. The Kier molecular flexibility index (Phi) is 3.69. The molecule has 0 aromatic rings. The fourth-order valence-corrected chi connectivity index (χ4v) is 2.77. The number of nitrogens with one attached hydrogen (secondary N) is 1. The highest BCUT2D eigenvalue weighted by Crippen LogP contribution is 2.37. The number of ether oxygens (including phenoxy) is 1. The zero-order chi connectivity index (χ0) is 11.5. The van der Waals surface area contributed by atoms with Crippen LogP contribution in [0.15, 0.2) is 0 Å². The number of carbonyl (C=O) groups is 1. The number of rotatable bonds is 3. The number of amides is 1. The van der Waals surface area contributed by atoms with Gasteiger partial charge in [-0.3, -0.25) is 0 Å². The van der Waals surface area contributed by atoms with Crippen molar-refractivity contribution in [3.8, 4) is 0 Å². The first-order valence-corrected chi connectivity index (χ1v) is 6.20. The van der Waals surface area contributed by atoms with Gasteiger partial charge in [-0.15, -0.1) is 0 Å². The number of alkyl carbamates (subject to hydrolysis) is 1. The lowest BCUT2D eigenvalue weighted by molar-refractivity contribution is 0.135. The summed E-state index contributed by atoms with van der Waals surface area (Å²) in [5, 5.41) is 2.92. The summed E-state index contributed by atoms with van der Waals surface area (Å²) < 4.78 is 4.65. The largest absolute Gasteiger partial charge is 0.453 e. The molecule has 1 aliphatic heterocycles. The van der Waals surface area contributed by atoms with Crippen molar-refractivity contribution in [3.05, 3.63) is 0 Å². The second kappa shape index (κ2) is 5.04. The van der Waals surface area contributed by atoms with Gasteiger partial charge in [-0.05, 0) is 31.7 Å². The van der Waals surface area contributed by atoms with Crippen LogP contribution < -0.4 is 5.32 Å². The van der Waals surface area contributed by atoms with Gasteiger partial charge >= 0.3 is 6.09 Å². The smallest absolute Gasteiger partial charge is 0.407 e. The molecule has 2 aliphatic rings. The maximum Gasteiger partial charge on any atom is 0.407 e. The van der Waals surface area contributed by atoms with Crippen LogP contribution >= 0.6 is 0 Å². The van der Waals surface area contributed by atoms with E-state index in [2.05, 4.69) is 22.0 Å². The van der Waals surface area contributed by atoms with Crippen molar-refractivity contribution in [2.75, 3.05) is 27.2 Å². The van der Waals surface area contributed by atoms with E-state index in [9.17, 15) is 4.79 Å². The van der Waals surface area contributed by atoms with E-state index in [1.54, 1.807) is 0 Å². The predicted molar refractivity (Wildman–Crippen MR) is 62.3 cm³/mol. The molecule has 4 nitrogen and oxygen atoms in total. The van der Waals surface area contributed by atoms with E-state index in [-0.39, 0.29) is 12.1 Å². The van der Waals surface area contributed by atoms with Crippen molar-refractivity contribution in [2.24, 2.45) is 11.8 Å². The van der Waals surface area contributed by atoms with E-state index < -0.39 is 0 Å². The molecule has 2 atom stereocenters. The molecule has 0 aromatic carbocycles. The predicted octanol–water partition coefficient (Wildman–Crippen LogP) is 1.46. The molecule has 2 fully saturated rings. The number of methoxy groups -OCH3 is 1. The quantitative estimate of drug-likeness (QED) is 0.792. The molecule has 0 radical (unpaired) electrons. The minimum atomic E-state index is -0.300. The lowest BCUT2D eigenvalue weighted by Gasteiger charge is -2.35. The maximum atomic E-state index is 11.2. The molecule has 1 amide bonds. The van der Waals surface area contributed by atoms with Crippen LogP contribution in [0.25, 0.3) is 0 Å². The van der Waals surface area contributed by atoms with Gasteiger partial charge in [0, 0.05) is 19.1 Å². The molecular weight excluding hydrogens is 204 g/mol. The molecule has 0 aromatic heterocycles. The Morgan fingerprint density at radius 1 is 1.38 bits per heavy atom. The summed E-state index contributed by atoms with van der Waals surface area (Å²) in [6, 6.07) is 0.259. The molecule has 4 heteroatoms. The Bertz CT molecular complexity index is 251. The third-order valence-electron chi connectivity index (χ3n) is 3.59. The molecule has 1 saturated carbocycles. The van der Waals surface area contributed by atoms with Gasteiger partial charge < -0.3 is 15.0 Å². The molecule has 0 bridgehead atoms. The number of hydrogen-bond acceptors (Lipinski definition) is 3. The summed E-state index contributed by atoms with van der Waals surface area (Å²) in [4.78, 5) is 13.5. The zero-order valence-electron chi connectivity index (χ0n) is 10.2. The topological polar surface area (TPSA) is 41.6 Å². The molecule has 2 rings (SSSR count). The molecule has 1 N–H and O–H groups in total. The van der Waals surface area contributed by atoms with E-state index in [0.29, 0.717) is 0 Å². The van der Waals surface area contributed by atoms with Gasteiger partial charge in [-0.25, -0.2) is 4.79 Å². The van der Waals surface area contributed by atoms with E-state index >= 15 is 0 Å². The maximum absolute atomic E-state index is 11.2. The standard InChI is InChI=1S/C12H22N2O2/c1-14-7-10(5-9-3-4-9)6-11(8-14)13-12(15)16-2/h9-11H,3-8H2,1-2H3,(H,13,15). The summed E-state index contributed by atoms with van der Waals surface area (Å²) in [5.74, 6) is 1.71. The van der Waals surface area contributed by atoms with Gasteiger partial charge in [0.25, 0.3) is 0 Å². The van der Waals surface area contributed by atoms with E-state index in [1.807, 2.05) is 0 Å². The first-order chi connectivity index (χ1) is 7.67. The first kappa shape index (κ1) is 11.7. The van der Waals surface area contributed by atoms with Crippen LogP contribution in [0.2, 0.25) is 0 Å². The molecule has 92 valence electrons. The van der Waals surface area contributed by atoms with E-state index in [4.69, 9.17) is 0 Å². The fourth-order valence-electron chi connectivity index (χ4n) is 2.77. The fraction of sp³-hybridized carbons (Fsp3) is 0.917. The van der Waals surface area contributed by atoms with Gasteiger partial charge in [0.15, 0.2) is 0 Å². The minimum Gasteiger partial charge on any atom is -0.453 e. The second-order valence-corrected chi connectivity index (χ2v) is 5.33. The van der Waals surface area contributed by atoms with E-state index in [1.165, 1.54) is 32.9 Å².